The molecular formula is C17H18FN3O4S. The van der Waals surface area contributed by atoms with Crippen LogP contribution < -0.4 is 10.0 Å². The van der Waals surface area contributed by atoms with Gasteiger partial charge in [0.05, 0.1) is 18.0 Å². The van der Waals surface area contributed by atoms with Crippen LogP contribution in [0.5, 0.6) is 0 Å². The van der Waals surface area contributed by atoms with Gasteiger partial charge in [0.1, 0.15) is 11.9 Å². The molecule has 0 saturated carbocycles. The zero-order chi connectivity index (χ0) is 18.7. The zero-order valence-corrected chi connectivity index (χ0v) is 14.8. The smallest absolute Gasteiger partial charge is 0.251 e. The number of carbonyl (C=O) groups excluding carboxylic acids is 1. The van der Waals surface area contributed by atoms with Crippen molar-refractivity contribution in [2.24, 2.45) is 0 Å². The molecule has 2 N–H and O–H groups in total. The molecule has 26 heavy (non-hydrogen) atoms. The summed E-state index contributed by atoms with van der Waals surface area (Å²) in [7, 11) is -3.66. The van der Waals surface area contributed by atoms with Gasteiger partial charge in [0, 0.05) is 30.1 Å². The lowest BCUT2D eigenvalue weighted by Gasteiger charge is -2.20. The Morgan fingerprint density at radius 1 is 1.35 bits per heavy atom. The Balaban J connectivity index is 1.76. The van der Waals surface area contributed by atoms with Crippen LogP contribution >= 0.6 is 0 Å². The SMILES string of the molecule is CS(=O)(=O)Nc1cc(C(=O)N[C@@H]2CCO[C@H]2c2cccnc2)ccc1F. The molecule has 1 aliphatic rings. The van der Waals surface area contributed by atoms with Crippen LogP contribution in [-0.2, 0) is 14.8 Å². The maximum atomic E-state index is 13.8. The standard InChI is InChI=1S/C17H18FN3O4S/c1-26(23,24)21-15-9-11(4-5-13(15)18)17(22)20-14-6-8-25-16(14)12-3-2-7-19-10-12/h2-5,7,9-10,14,16,21H,6,8H2,1H3,(H,20,22)/t14-,16+/m1/s1. The molecule has 1 aliphatic heterocycles. The predicted molar refractivity (Wildman–Crippen MR) is 93.7 cm³/mol. The fourth-order valence-corrected chi connectivity index (χ4v) is 3.36. The van der Waals surface area contributed by atoms with E-state index in [4.69, 9.17) is 4.74 Å². The molecule has 0 bridgehead atoms. The number of pyridine rings is 1. The Kier molecular flexibility index (Phi) is 5.19. The number of benzene rings is 1. The first-order chi connectivity index (χ1) is 12.3. The highest BCUT2D eigenvalue weighted by molar-refractivity contribution is 7.92. The van der Waals surface area contributed by atoms with Gasteiger partial charge in [0.2, 0.25) is 10.0 Å². The average molecular weight is 379 g/mol. The van der Waals surface area contributed by atoms with Crippen LogP contribution in [0.25, 0.3) is 0 Å². The first kappa shape index (κ1) is 18.3. The monoisotopic (exact) mass is 379 g/mol. The maximum Gasteiger partial charge on any atom is 0.251 e. The van der Waals surface area contributed by atoms with Crippen molar-refractivity contribution in [1.29, 1.82) is 0 Å². The Bertz CT molecular complexity index is 905. The second-order valence-corrected chi connectivity index (χ2v) is 7.76. The van der Waals surface area contributed by atoms with Crippen molar-refractivity contribution in [3.63, 3.8) is 0 Å². The van der Waals surface area contributed by atoms with Gasteiger partial charge in [-0.1, -0.05) is 6.07 Å². The van der Waals surface area contributed by atoms with Gasteiger partial charge >= 0.3 is 0 Å². The van der Waals surface area contributed by atoms with Crippen LogP contribution in [-0.4, -0.2) is 38.2 Å². The van der Waals surface area contributed by atoms with Crippen LogP contribution in [0.15, 0.2) is 42.7 Å². The van der Waals surface area contributed by atoms with Gasteiger partial charge in [-0.05, 0) is 30.7 Å². The van der Waals surface area contributed by atoms with E-state index in [9.17, 15) is 17.6 Å². The van der Waals surface area contributed by atoms with E-state index in [0.29, 0.717) is 13.0 Å². The summed E-state index contributed by atoms with van der Waals surface area (Å²) >= 11 is 0. The minimum absolute atomic E-state index is 0.148. The largest absolute Gasteiger partial charge is 0.371 e. The summed E-state index contributed by atoms with van der Waals surface area (Å²) in [4.78, 5) is 16.6. The molecule has 7 nitrogen and oxygen atoms in total. The summed E-state index contributed by atoms with van der Waals surface area (Å²) in [5.41, 5.74) is 0.731. The highest BCUT2D eigenvalue weighted by Crippen LogP contribution is 2.29. The third-order valence-electron chi connectivity index (χ3n) is 3.95. The second-order valence-electron chi connectivity index (χ2n) is 6.02. The number of hydrogen-bond acceptors (Lipinski definition) is 5. The molecule has 2 heterocycles. The first-order valence-electron chi connectivity index (χ1n) is 7.93. The fourth-order valence-electron chi connectivity index (χ4n) is 2.81. The molecule has 0 radical (unpaired) electrons. The summed E-state index contributed by atoms with van der Waals surface area (Å²) in [6.45, 7) is 0.495. The summed E-state index contributed by atoms with van der Waals surface area (Å²) in [6.07, 6.45) is 4.55. The number of ether oxygens (including phenoxy) is 1. The molecule has 0 unspecified atom stereocenters. The van der Waals surface area contributed by atoms with E-state index in [1.807, 2.05) is 6.07 Å². The number of aromatic nitrogens is 1. The van der Waals surface area contributed by atoms with E-state index in [2.05, 4.69) is 15.0 Å². The van der Waals surface area contributed by atoms with Gasteiger partial charge in [0.25, 0.3) is 5.91 Å². The molecule has 2 aromatic rings. The van der Waals surface area contributed by atoms with Crippen molar-refractivity contribution in [3.8, 4) is 0 Å². The zero-order valence-electron chi connectivity index (χ0n) is 14.0. The van der Waals surface area contributed by atoms with Gasteiger partial charge in [-0.2, -0.15) is 0 Å². The second kappa shape index (κ2) is 7.38. The highest BCUT2D eigenvalue weighted by Gasteiger charge is 2.31. The number of nitrogens with one attached hydrogen (secondary N) is 2. The maximum absolute atomic E-state index is 13.8. The average Bonchev–Trinajstić information content (AvgIpc) is 3.04. The normalized spacial score (nSPS) is 19.9. The molecule has 1 aromatic heterocycles. The number of halogens is 1. The lowest BCUT2D eigenvalue weighted by Crippen LogP contribution is -2.36. The van der Waals surface area contributed by atoms with Crippen LogP contribution in [0.1, 0.15) is 28.4 Å². The number of amides is 1. The molecule has 2 atom stereocenters. The fraction of sp³-hybridized carbons (Fsp3) is 0.294. The Hall–Kier alpha value is -2.52. The summed E-state index contributed by atoms with van der Waals surface area (Å²) < 4.78 is 44.1. The minimum atomic E-state index is -3.66. The number of carbonyl (C=O) groups is 1. The lowest BCUT2D eigenvalue weighted by molar-refractivity contribution is 0.0820. The van der Waals surface area contributed by atoms with Crippen molar-refractivity contribution in [3.05, 3.63) is 59.7 Å². The van der Waals surface area contributed by atoms with Gasteiger partial charge in [-0.3, -0.25) is 14.5 Å². The molecular weight excluding hydrogens is 361 g/mol. The molecule has 1 fully saturated rings. The van der Waals surface area contributed by atoms with E-state index in [1.165, 1.54) is 12.1 Å². The van der Waals surface area contributed by atoms with Gasteiger partial charge in [-0.15, -0.1) is 0 Å². The molecule has 0 spiro atoms. The number of sulfonamides is 1. The minimum Gasteiger partial charge on any atom is -0.371 e. The molecule has 1 amide bonds. The predicted octanol–water partition coefficient (Wildman–Crippen LogP) is 1.85. The number of hydrogen-bond donors (Lipinski definition) is 2. The molecule has 9 heteroatoms. The quantitative estimate of drug-likeness (QED) is 0.826. The van der Waals surface area contributed by atoms with E-state index in [-0.39, 0.29) is 23.4 Å². The van der Waals surface area contributed by atoms with Crippen LogP contribution in [0, 0.1) is 5.82 Å². The van der Waals surface area contributed by atoms with Gasteiger partial charge < -0.3 is 10.1 Å². The van der Waals surface area contributed by atoms with Crippen molar-refractivity contribution >= 4 is 21.6 Å². The first-order valence-corrected chi connectivity index (χ1v) is 9.82. The number of rotatable bonds is 5. The van der Waals surface area contributed by atoms with Crippen molar-refractivity contribution in [2.45, 2.75) is 18.6 Å². The van der Waals surface area contributed by atoms with E-state index < -0.39 is 21.7 Å². The summed E-state index contributed by atoms with van der Waals surface area (Å²) in [5, 5.41) is 2.86. The highest BCUT2D eigenvalue weighted by atomic mass is 32.2. The Labute approximate surface area is 150 Å². The van der Waals surface area contributed by atoms with Crippen molar-refractivity contribution in [2.75, 3.05) is 17.6 Å². The van der Waals surface area contributed by atoms with E-state index in [0.717, 1.165) is 17.9 Å². The Morgan fingerprint density at radius 2 is 2.15 bits per heavy atom. The Morgan fingerprint density at radius 3 is 2.85 bits per heavy atom. The third kappa shape index (κ3) is 4.36. The molecule has 1 saturated heterocycles. The van der Waals surface area contributed by atoms with E-state index in [1.54, 1.807) is 18.5 Å². The topological polar surface area (TPSA) is 97.4 Å². The summed E-state index contributed by atoms with van der Waals surface area (Å²) in [6, 6.07) is 6.91. The molecule has 1 aromatic carbocycles. The van der Waals surface area contributed by atoms with E-state index >= 15 is 0 Å². The van der Waals surface area contributed by atoms with Crippen LogP contribution in [0.4, 0.5) is 10.1 Å². The molecule has 0 aliphatic carbocycles. The van der Waals surface area contributed by atoms with Gasteiger partial charge in [0.15, 0.2) is 0 Å². The van der Waals surface area contributed by atoms with Crippen LogP contribution in [0.3, 0.4) is 0 Å². The lowest BCUT2D eigenvalue weighted by atomic mass is 10.0. The van der Waals surface area contributed by atoms with Crippen LogP contribution in [0.2, 0.25) is 0 Å². The molecule has 3 rings (SSSR count). The number of anilines is 1. The van der Waals surface area contributed by atoms with Gasteiger partial charge in [-0.25, -0.2) is 12.8 Å². The summed E-state index contributed by atoms with van der Waals surface area (Å²) in [5.74, 6) is -1.20. The number of nitrogens with zero attached hydrogens (tertiary/aromatic N) is 1. The van der Waals surface area contributed by atoms with Crippen molar-refractivity contribution < 1.29 is 22.3 Å². The third-order valence-corrected chi connectivity index (χ3v) is 4.54. The molecule has 138 valence electrons. The van der Waals surface area contributed by atoms with Crippen molar-refractivity contribution in [1.82, 2.24) is 10.3 Å².